The van der Waals surface area contributed by atoms with Gasteiger partial charge in [0.2, 0.25) is 0 Å². The molecule has 1 unspecified atom stereocenters. The first-order valence-corrected chi connectivity index (χ1v) is 6.48. The summed E-state index contributed by atoms with van der Waals surface area (Å²) in [6.07, 6.45) is 11.5. The van der Waals surface area contributed by atoms with E-state index in [1.54, 1.807) is 0 Å². The van der Waals surface area contributed by atoms with Gasteiger partial charge in [-0.25, -0.2) is 0 Å². The van der Waals surface area contributed by atoms with Crippen molar-refractivity contribution in [2.45, 2.75) is 51.1 Å². The third kappa shape index (κ3) is 3.62. The molecule has 0 spiro atoms. The molecule has 1 saturated heterocycles. The van der Waals surface area contributed by atoms with Gasteiger partial charge in [0.25, 0.3) is 0 Å². The molecule has 1 atom stereocenters. The molecule has 1 N–H and O–H groups in total. The molecule has 0 aromatic carbocycles. The molecule has 0 aromatic rings. The molecule has 2 aliphatic rings. The van der Waals surface area contributed by atoms with E-state index in [-0.39, 0.29) is 0 Å². The molecule has 0 bridgehead atoms. The van der Waals surface area contributed by atoms with Crippen molar-refractivity contribution in [2.75, 3.05) is 19.6 Å². The summed E-state index contributed by atoms with van der Waals surface area (Å²) in [7, 11) is 0. The highest BCUT2D eigenvalue weighted by molar-refractivity contribution is 4.89. The van der Waals surface area contributed by atoms with E-state index in [1.807, 2.05) is 0 Å². The monoisotopic (exact) mass is 208 g/mol. The molecule has 1 aliphatic carbocycles. The lowest BCUT2D eigenvalue weighted by atomic mass is 10.0. The SMILES string of the molecule is CC=CCN1CCCCC1CNC1CC1. The standard InChI is InChI=1S/C13H24N2/c1-2-3-9-15-10-5-4-6-13(15)11-14-12-7-8-12/h2-3,12-14H,4-11H2,1H3. The summed E-state index contributed by atoms with van der Waals surface area (Å²) in [4.78, 5) is 2.64. The van der Waals surface area contributed by atoms with Crippen LogP contribution >= 0.6 is 0 Å². The van der Waals surface area contributed by atoms with Crippen molar-refractivity contribution in [2.24, 2.45) is 0 Å². The van der Waals surface area contributed by atoms with E-state index < -0.39 is 0 Å². The highest BCUT2D eigenvalue weighted by Gasteiger charge is 2.25. The third-order valence-corrected chi connectivity index (χ3v) is 3.54. The summed E-state index contributed by atoms with van der Waals surface area (Å²) >= 11 is 0. The van der Waals surface area contributed by atoms with E-state index in [2.05, 4.69) is 29.3 Å². The minimum atomic E-state index is 0.788. The fraction of sp³-hybridized carbons (Fsp3) is 0.846. The zero-order valence-electron chi connectivity index (χ0n) is 9.91. The molecule has 0 aromatic heterocycles. The van der Waals surface area contributed by atoms with Crippen molar-refractivity contribution >= 4 is 0 Å². The van der Waals surface area contributed by atoms with Crippen LogP contribution in [0.2, 0.25) is 0 Å². The molecular formula is C13H24N2. The first-order chi connectivity index (χ1) is 7.40. The van der Waals surface area contributed by atoms with Crippen molar-refractivity contribution < 1.29 is 0 Å². The molecule has 0 radical (unpaired) electrons. The minimum absolute atomic E-state index is 0.788. The van der Waals surface area contributed by atoms with Crippen molar-refractivity contribution in [1.82, 2.24) is 10.2 Å². The van der Waals surface area contributed by atoms with Crippen LogP contribution in [0, 0.1) is 0 Å². The summed E-state index contributed by atoms with van der Waals surface area (Å²) in [6.45, 7) is 5.76. The maximum Gasteiger partial charge on any atom is 0.0224 e. The number of nitrogens with one attached hydrogen (secondary N) is 1. The molecule has 15 heavy (non-hydrogen) atoms. The summed E-state index contributed by atoms with van der Waals surface area (Å²) in [5.74, 6) is 0. The van der Waals surface area contributed by atoms with Crippen LogP contribution in [0.15, 0.2) is 12.2 Å². The van der Waals surface area contributed by atoms with Gasteiger partial charge >= 0.3 is 0 Å². The summed E-state index contributed by atoms with van der Waals surface area (Å²) in [5.41, 5.74) is 0. The Balaban J connectivity index is 1.75. The van der Waals surface area contributed by atoms with Gasteiger partial charge in [0, 0.05) is 25.2 Å². The molecule has 2 nitrogen and oxygen atoms in total. The number of hydrogen-bond acceptors (Lipinski definition) is 2. The zero-order valence-corrected chi connectivity index (χ0v) is 9.91. The van der Waals surface area contributed by atoms with Gasteiger partial charge in [0.1, 0.15) is 0 Å². The molecule has 0 amide bonds. The number of rotatable bonds is 5. The summed E-state index contributed by atoms with van der Waals surface area (Å²) in [6, 6.07) is 1.64. The van der Waals surface area contributed by atoms with Crippen molar-refractivity contribution in [3.63, 3.8) is 0 Å². The Morgan fingerprint density at radius 2 is 2.13 bits per heavy atom. The maximum atomic E-state index is 3.67. The number of nitrogens with zero attached hydrogens (tertiary/aromatic N) is 1. The van der Waals surface area contributed by atoms with Crippen LogP contribution in [-0.4, -0.2) is 36.6 Å². The second kappa shape index (κ2) is 5.66. The molecule has 2 fully saturated rings. The van der Waals surface area contributed by atoms with Crippen LogP contribution in [0.4, 0.5) is 0 Å². The van der Waals surface area contributed by atoms with E-state index in [4.69, 9.17) is 0 Å². The number of piperidine rings is 1. The van der Waals surface area contributed by atoms with E-state index >= 15 is 0 Å². The number of likely N-dealkylation sites (tertiary alicyclic amines) is 1. The van der Waals surface area contributed by atoms with Gasteiger partial charge in [-0.2, -0.15) is 0 Å². The molecular weight excluding hydrogens is 184 g/mol. The first kappa shape index (κ1) is 11.2. The Kier molecular flexibility index (Phi) is 4.21. The van der Waals surface area contributed by atoms with Gasteiger partial charge in [-0.15, -0.1) is 0 Å². The van der Waals surface area contributed by atoms with Crippen LogP contribution in [0.1, 0.15) is 39.0 Å². The maximum absolute atomic E-state index is 3.67. The second-order valence-electron chi connectivity index (χ2n) is 4.90. The van der Waals surface area contributed by atoms with E-state index in [1.165, 1.54) is 45.2 Å². The van der Waals surface area contributed by atoms with Gasteiger partial charge in [0.15, 0.2) is 0 Å². The van der Waals surface area contributed by atoms with Crippen molar-refractivity contribution in [3.8, 4) is 0 Å². The molecule has 1 saturated carbocycles. The van der Waals surface area contributed by atoms with Gasteiger partial charge in [0.05, 0.1) is 0 Å². The van der Waals surface area contributed by atoms with Crippen molar-refractivity contribution in [1.29, 1.82) is 0 Å². The van der Waals surface area contributed by atoms with Gasteiger partial charge in [-0.05, 0) is 39.2 Å². The average molecular weight is 208 g/mol. The third-order valence-electron chi connectivity index (χ3n) is 3.54. The Labute approximate surface area is 93.7 Å². The van der Waals surface area contributed by atoms with Crippen LogP contribution in [0.25, 0.3) is 0 Å². The Hall–Kier alpha value is -0.340. The van der Waals surface area contributed by atoms with Gasteiger partial charge in [-0.1, -0.05) is 18.6 Å². The molecule has 1 aliphatic heterocycles. The Morgan fingerprint density at radius 1 is 1.27 bits per heavy atom. The highest BCUT2D eigenvalue weighted by Crippen LogP contribution is 2.21. The molecule has 2 rings (SSSR count). The molecule has 86 valence electrons. The fourth-order valence-electron chi connectivity index (χ4n) is 2.36. The smallest absolute Gasteiger partial charge is 0.0224 e. The predicted molar refractivity (Wildman–Crippen MR) is 65.1 cm³/mol. The summed E-state index contributed by atoms with van der Waals surface area (Å²) in [5, 5.41) is 3.67. The van der Waals surface area contributed by atoms with Crippen LogP contribution < -0.4 is 5.32 Å². The number of allylic oxidation sites excluding steroid dienone is 1. The largest absolute Gasteiger partial charge is 0.312 e. The fourth-order valence-corrected chi connectivity index (χ4v) is 2.36. The summed E-state index contributed by atoms with van der Waals surface area (Å²) < 4.78 is 0. The Morgan fingerprint density at radius 3 is 2.87 bits per heavy atom. The topological polar surface area (TPSA) is 15.3 Å². The lowest BCUT2D eigenvalue weighted by molar-refractivity contribution is 0.161. The lowest BCUT2D eigenvalue weighted by Gasteiger charge is -2.35. The van der Waals surface area contributed by atoms with Crippen LogP contribution in [0.3, 0.4) is 0 Å². The van der Waals surface area contributed by atoms with Gasteiger partial charge < -0.3 is 5.32 Å². The quantitative estimate of drug-likeness (QED) is 0.697. The normalized spacial score (nSPS) is 28.7. The first-order valence-electron chi connectivity index (χ1n) is 6.48. The highest BCUT2D eigenvalue weighted by atomic mass is 15.2. The van der Waals surface area contributed by atoms with Crippen LogP contribution in [0.5, 0.6) is 0 Å². The lowest BCUT2D eigenvalue weighted by Crippen LogP contribution is -2.45. The van der Waals surface area contributed by atoms with E-state index in [0.29, 0.717) is 0 Å². The predicted octanol–water partition coefficient (Wildman–Crippen LogP) is 2.17. The second-order valence-corrected chi connectivity index (χ2v) is 4.90. The Bertz CT molecular complexity index is 209. The zero-order chi connectivity index (χ0) is 10.5. The minimum Gasteiger partial charge on any atom is -0.312 e. The number of hydrogen-bond donors (Lipinski definition) is 1. The molecule has 2 heteroatoms. The van der Waals surface area contributed by atoms with E-state index in [9.17, 15) is 0 Å². The van der Waals surface area contributed by atoms with E-state index in [0.717, 1.165) is 18.6 Å². The average Bonchev–Trinajstić information content (AvgIpc) is 3.08. The van der Waals surface area contributed by atoms with Crippen LogP contribution in [-0.2, 0) is 0 Å². The molecule has 1 heterocycles. The van der Waals surface area contributed by atoms with Crippen molar-refractivity contribution in [3.05, 3.63) is 12.2 Å². The van der Waals surface area contributed by atoms with Gasteiger partial charge in [-0.3, -0.25) is 4.90 Å².